The quantitative estimate of drug-likeness (QED) is 0.818. The molecule has 2 rings (SSSR count). The number of aromatic nitrogens is 2. The number of carbonyl (C=O) groups excluding carboxylic acids is 1. The number of amides is 1. The minimum absolute atomic E-state index is 0.145. The van der Waals surface area contributed by atoms with E-state index in [1.165, 1.54) is 29.6 Å². The van der Waals surface area contributed by atoms with Crippen molar-refractivity contribution in [1.82, 2.24) is 15.1 Å². The molecule has 0 saturated carbocycles. The average molecular weight is 329 g/mol. The Kier molecular flexibility index (Phi) is 5.73. The van der Waals surface area contributed by atoms with Crippen LogP contribution in [0.15, 0.2) is 36.7 Å². The lowest BCUT2D eigenvalue weighted by Gasteiger charge is -2.14. The van der Waals surface area contributed by atoms with Crippen LogP contribution in [0.25, 0.3) is 0 Å². The van der Waals surface area contributed by atoms with E-state index in [0.29, 0.717) is 5.56 Å². The van der Waals surface area contributed by atoms with Crippen molar-refractivity contribution < 1.29 is 14.7 Å². The molecule has 0 bridgehead atoms. The largest absolute Gasteiger partial charge is 0.480 e. The van der Waals surface area contributed by atoms with E-state index in [0.717, 1.165) is 18.4 Å². The summed E-state index contributed by atoms with van der Waals surface area (Å²) in [7, 11) is 0. The molecule has 2 unspecified atom stereocenters. The summed E-state index contributed by atoms with van der Waals surface area (Å²) in [6.07, 6.45) is 4.98. The van der Waals surface area contributed by atoms with E-state index in [1.807, 2.05) is 19.1 Å². The van der Waals surface area contributed by atoms with Crippen LogP contribution in [-0.2, 0) is 11.2 Å². The molecule has 0 aliphatic rings. The van der Waals surface area contributed by atoms with Crippen molar-refractivity contribution in [2.75, 3.05) is 0 Å². The Bertz CT molecular complexity index is 707. The highest BCUT2D eigenvalue weighted by Crippen LogP contribution is 2.15. The third kappa shape index (κ3) is 4.22. The third-order valence-corrected chi connectivity index (χ3v) is 3.98. The predicted molar refractivity (Wildman–Crippen MR) is 90.9 cm³/mol. The number of benzene rings is 1. The van der Waals surface area contributed by atoms with Crippen LogP contribution in [0, 0.1) is 0 Å². The molecular formula is C18H23N3O3. The molecule has 0 radical (unpaired) electrons. The molecule has 2 aromatic rings. The lowest BCUT2D eigenvalue weighted by Crippen LogP contribution is -2.26. The molecule has 0 spiro atoms. The molecule has 6 nitrogen and oxygen atoms in total. The maximum absolute atomic E-state index is 12.3. The average Bonchev–Trinajstić information content (AvgIpc) is 3.05. The molecule has 6 heteroatoms. The van der Waals surface area contributed by atoms with Crippen molar-refractivity contribution in [2.24, 2.45) is 0 Å². The van der Waals surface area contributed by atoms with Crippen LogP contribution in [0.1, 0.15) is 60.8 Å². The highest BCUT2D eigenvalue weighted by Gasteiger charge is 2.18. The summed E-state index contributed by atoms with van der Waals surface area (Å²) in [5.41, 5.74) is 2.65. The molecule has 1 heterocycles. The first-order chi connectivity index (χ1) is 11.4. The zero-order chi connectivity index (χ0) is 17.7. The Morgan fingerprint density at radius 1 is 1.25 bits per heavy atom. The highest BCUT2D eigenvalue weighted by atomic mass is 16.4. The Morgan fingerprint density at radius 3 is 2.50 bits per heavy atom. The highest BCUT2D eigenvalue weighted by molar-refractivity contribution is 5.94. The van der Waals surface area contributed by atoms with Gasteiger partial charge in [0, 0.05) is 6.20 Å². The normalized spacial score (nSPS) is 13.3. The van der Waals surface area contributed by atoms with Gasteiger partial charge in [-0.05, 0) is 31.4 Å². The molecule has 1 aromatic carbocycles. The third-order valence-electron chi connectivity index (χ3n) is 3.98. The Labute approximate surface area is 141 Å². The maximum atomic E-state index is 12.3. The molecule has 128 valence electrons. The van der Waals surface area contributed by atoms with Crippen LogP contribution < -0.4 is 5.32 Å². The summed E-state index contributed by atoms with van der Waals surface area (Å²) in [6.45, 7) is 5.57. The van der Waals surface area contributed by atoms with E-state index in [1.54, 1.807) is 0 Å². The summed E-state index contributed by atoms with van der Waals surface area (Å²) in [5, 5.41) is 15.8. The maximum Gasteiger partial charge on any atom is 0.328 e. The van der Waals surface area contributed by atoms with Crippen molar-refractivity contribution in [3.63, 3.8) is 0 Å². The fourth-order valence-corrected chi connectivity index (χ4v) is 2.41. The minimum Gasteiger partial charge on any atom is -0.480 e. The van der Waals surface area contributed by atoms with Crippen molar-refractivity contribution in [3.05, 3.63) is 53.3 Å². The van der Waals surface area contributed by atoms with Gasteiger partial charge in [-0.15, -0.1) is 0 Å². The van der Waals surface area contributed by atoms with E-state index in [4.69, 9.17) is 5.11 Å². The monoisotopic (exact) mass is 329 g/mol. The van der Waals surface area contributed by atoms with Crippen LogP contribution >= 0.6 is 0 Å². The van der Waals surface area contributed by atoms with Gasteiger partial charge < -0.3 is 10.4 Å². The number of hydrogen-bond donors (Lipinski definition) is 2. The summed E-state index contributed by atoms with van der Waals surface area (Å²) in [6, 6.07) is 7.24. The molecule has 0 aliphatic carbocycles. The number of carboxylic acids is 1. The summed E-state index contributed by atoms with van der Waals surface area (Å²) in [5.74, 6) is -1.27. The smallest absolute Gasteiger partial charge is 0.328 e. The van der Waals surface area contributed by atoms with Crippen LogP contribution in [0.3, 0.4) is 0 Å². The second-order valence-electron chi connectivity index (χ2n) is 5.91. The number of nitrogens with one attached hydrogen (secondary N) is 1. The van der Waals surface area contributed by atoms with E-state index in [9.17, 15) is 9.59 Å². The number of aliphatic carboxylic acids is 1. The molecule has 2 N–H and O–H groups in total. The fraction of sp³-hybridized carbons (Fsp3) is 0.389. The molecule has 1 amide bonds. The van der Waals surface area contributed by atoms with Gasteiger partial charge in [0.1, 0.15) is 6.04 Å². The van der Waals surface area contributed by atoms with Crippen LogP contribution in [0.2, 0.25) is 0 Å². The predicted octanol–water partition coefficient (Wildman–Crippen LogP) is 2.97. The van der Waals surface area contributed by atoms with Crippen molar-refractivity contribution in [3.8, 4) is 0 Å². The Hall–Kier alpha value is -2.63. The van der Waals surface area contributed by atoms with E-state index in [2.05, 4.69) is 29.5 Å². The van der Waals surface area contributed by atoms with Gasteiger partial charge in [0.05, 0.1) is 17.8 Å². The summed E-state index contributed by atoms with van der Waals surface area (Å²) < 4.78 is 1.27. The zero-order valence-corrected chi connectivity index (χ0v) is 14.2. The lowest BCUT2D eigenvalue weighted by atomic mass is 10.0. The van der Waals surface area contributed by atoms with Crippen LogP contribution in [-0.4, -0.2) is 26.8 Å². The zero-order valence-electron chi connectivity index (χ0n) is 14.2. The van der Waals surface area contributed by atoms with Gasteiger partial charge in [-0.2, -0.15) is 5.10 Å². The topological polar surface area (TPSA) is 84.2 Å². The van der Waals surface area contributed by atoms with Crippen LogP contribution in [0.5, 0.6) is 0 Å². The molecule has 2 atom stereocenters. The number of aryl methyl sites for hydroxylation is 1. The van der Waals surface area contributed by atoms with Gasteiger partial charge in [0.2, 0.25) is 0 Å². The van der Waals surface area contributed by atoms with Gasteiger partial charge in [-0.3, -0.25) is 9.48 Å². The minimum atomic E-state index is -0.995. The second kappa shape index (κ2) is 7.77. The standard InChI is InChI=1S/C18H23N3O3/c1-4-5-14-6-8-15(9-7-14)12(2)20-17(22)16-10-19-21(11-16)13(3)18(23)24/h6-13H,4-5H2,1-3H3,(H,20,22)(H,23,24). The number of hydrogen-bond acceptors (Lipinski definition) is 3. The second-order valence-corrected chi connectivity index (χ2v) is 5.91. The first-order valence-electron chi connectivity index (χ1n) is 8.09. The molecule has 0 fully saturated rings. The Balaban J connectivity index is 2.02. The number of carbonyl (C=O) groups is 2. The van der Waals surface area contributed by atoms with Gasteiger partial charge in [-0.25, -0.2) is 4.79 Å². The summed E-state index contributed by atoms with van der Waals surface area (Å²) >= 11 is 0. The SMILES string of the molecule is CCCc1ccc(C(C)NC(=O)c2cnn(C(C)C(=O)O)c2)cc1. The molecule has 0 saturated heterocycles. The summed E-state index contributed by atoms with van der Waals surface area (Å²) in [4.78, 5) is 23.2. The Morgan fingerprint density at radius 2 is 1.92 bits per heavy atom. The molecule has 24 heavy (non-hydrogen) atoms. The van der Waals surface area contributed by atoms with Crippen LogP contribution in [0.4, 0.5) is 0 Å². The van der Waals surface area contributed by atoms with Gasteiger partial charge in [0.15, 0.2) is 0 Å². The van der Waals surface area contributed by atoms with Crippen molar-refractivity contribution >= 4 is 11.9 Å². The van der Waals surface area contributed by atoms with Gasteiger partial charge in [0.25, 0.3) is 5.91 Å². The first-order valence-corrected chi connectivity index (χ1v) is 8.09. The number of carboxylic acid groups (broad SMARTS) is 1. The molecular weight excluding hydrogens is 306 g/mol. The molecule has 0 aliphatic heterocycles. The number of nitrogens with zero attached hydrogens (tertiary/aromatic N) is 2. The van der Waals surface area contributed by atoms with Gasteiger partial charge >= 0.3 is 5.97 Å². The lowest BCUT2D eigenvalue weighted by molar-refractivity contribution is -0.140. The number of rotatable bonds is 7. The van der Waals surface area contributed by atoms with Gasteiger partial charge in [-0.1, -0.05) is 37.6 Å². The van der Waals surface area contributed by atoms with Crippen molar-refractivity contribution in [1.29, 1.82) is 0 Å². The van der Waals surface area contributed by atoms with E-state index in [-0.39, 0.29) is 11.9 Å². The fourth-order valence-electron chi connectivity index (χ4n) is 2.41. The van der Waals surface area contributed by atoms with E-state index < -0.39 is 12.0 Å². The van der Waals surface area contributed by atoms with E-state index >= 15 is 0 Å². The molecule has 1 aromatic heterocycles. The van der Waals surface area contributed by atoms with Crippen molar-refractivity contribution in [2.45, 2.75) is 45.7 Å². The first kappa shape index (κ1) is 17.7.